The largest absolute Gasteiger partial charge is 0.447 e. The van der Waals surface area contributed by atoms with Crippen molar-refractivity contribution in [2.75, 3.05) is 0 Å². The number of benzene rings is 1. The molecule has 1 heterocycles. The van der Waals surface area contributed by atoms with Gasteiger partial charge in [-0.1, -0.05) is 32.9 Å². The summed E-state index contributed by atoms with van der Waals surface area (Å²) < 4.78 is 32.1. The lowest BCUT2D eigenvalue weighted by molar-refractivity contribution is 0.492. The summed E-state index contributed by atoms with van der Waals surface area (Å²) >= 11 is 0. The molecule has 2 rings (SSSR count). The molecule has 0 radical (unpaired) electrons. The van der Waals surface area contributed by atoms with E-state index in [9.17, 15) is 8.42 Å². The molecule has 0 spiro atoms. The molecule has 0 fully saturated rings. The van der Waals surface area contributed by atoms with Gasteiger partial charge in [0.2, 0.25) is 10.0 Å². The molecule has 2 aromatic rings. The number of hydrogen-bond acceptors (Lipinski definition) is 4. The number of aryl methyl sites for hydroxylation is 1. The average molecular weight is 308 g/mol. The smallest absolute Gasteiger partial charge is 0.240 e. The van der Waals surface area contributed by atoms with E-state index < -0.39 is 10.0 Å². The second-order valence-electron chi connectivity index (χ2n) is 5.96. The van der Waals surface area contributed by atoms with Crippen molar-refractivity contribution in [1.29, 1.82) is 0 Å². The number of sulfonamides is 1. The van der Waals surface area contributed by atoms with E-state index in [2.05, 4.69) is 30.5 Å². The standard InChI is InChI=1S/C15H20N2O3S/c1-11-14(20-10-16-11)9-17-21(18,19)13-7-5-12(6-8-13)15(2,3)4/h5-8,10,17H,9H2,1-4H3. The number of oxazole rings is 1. The highest BCUT2D eigenvalue weighted by Crippen LogP contribution is 2.23. The summed E-state index contributed by atoms with van der Waals surface area (Å²) in [5.74, 6) is 0.518. The van der Waals surface area contributed by atoms with Gasteiger partial charge in [0.25, 0.3) is 0 Å². The second kappa shape index (κ2) is 5.61. The lowest BCUT2D eigenvalue weighted by Crippen LogP contribution is -2.23. The van der Waals surface area contributed by atoms with E-state index in [-0.39, 0.29) is 16.9 Å². The molecule has 1 N–H and O–H groups in total. The van der Waals surface area contributed by atoms with Gasteiger partial charge in [-0.05, 0) is 30.0 Å². The molecule has 1 aromatic carbocycles. The van der Waals surface area contributed by atoms with Crippen LogP contribution in [0.1, 0.15) is 37.8 Å². The Labute approximate surface area is 125 Å². The fourth-order valence-electron chi connectivity index (χ4n) is 1.87. The van der Waals surface area contributed by atoms with Gasteiger partial charge in [0, 0.05) is 0 Å². The third kappa shape index (κ3) is 3.71. The van der Waals surface area contributed by atoms with Crippen LogP contribution in [0.3, 0.4) is 0 Å². The molecule has 6 heteroatoms. The zero-order chi connectivity index (χ0) is 15.7. The van der Waals surface area contributed by atoms with E-state index in [0.29, 0.717) is 11.5 Å². The Kier molecular flexibility index (Phi) is 4.20. The molecular weight excluding hydrogens is 288 g/mol. The zero-order valence-electron chi connectivity index (χ0n) is 12.7. The highest BCUT2D eigenvalue weighted by Gasteiger charge is 2.18. The molecule has 0 unspecified atom stereocenters. The molecule has 0 amide bonds. The maximum atomic E-state index is 12.2. The Bertz CT molecular complexity index is 710. The van der Waals surface area contributed by atoms with Crippen molar-refractivity contribution in [1.82, 2.24) is 9.71 Å². The number of hydrogen-bond donors (Lipinski definition) is 1. The highest BCUT2D eigenvalue weighted by molar-refractivity contribution is 7.89. The van der Waals surface area contributed by atoms with Crippen LogP contribution in [-0.4, -0.2) is 13.4 Å². The van der Waals surface area contributed by atoms with Crippen LogP contribution >= 0.6 is 0 Å². The van der Waals surface area contributed by atoms with E-state index in [4.69, 9.17) is 4.42 Å². The molecule has 0 aliphatic heterocycles. The van der Waals surface area contributed by atoms with Gasteiger partial charge in [-0.15, -0.1) is 0 Å². The van der Waals surface area contributed by atoms with E-state index in [0.717, 1.165) is 5.56 Å². The summed E-state index contributed by atoms with van der Waals surface area (Å²) in [6, 6.07) is 6.93. The molecule has 0 atom stereocenters. The lowest BCUT2D eigenvalue weighted by atomic mass is 9.87. The number of nitrogens with one attached hydrogen (secondary N) is 1. The minimum Gasteiger partial charge on any atom is -0.447 e. The summed E-state index contributed by atoms with van der Waals surface area (Å²) in [7, 11) is -3.55. The molecule has 1 aromatic heterocycles. The summed E-state index contributed by atoms with van der Waals surface area (Å²) in [5, 5.41) is 0. The summed E-state index contributed by atoms with van der Waals surface area (Å²) in [5.41, 5.74) is 1.76. The normalized spacial score (nSPS) is 12.6. The monoisotopic (exact) mass is 308 g/mol. The van der Waals surface area contributed by atoms with Crippen molar-refractivity contribution >= 4 is 10.0 Å². The first-order valence-corrected chi connectivity index (χ1v) is 8.17. The molecule has 0 aliphatic carbocycles. The Morgan fingerprint density at radius 2 is 1.81 bits per heavy atom. The molecule has 0 saturated carbocycles. The van der Waals surface area contributed by atoms with Gasteiger partial charge >= 0.3 is 0 Å². The molecule has 0 saturated heterocycles. The Balaban J connectivity index is 2.14. The fourth-order valence-corrected chi connectivity index (χ4v) is 2.86. The van der Waals surface area contributed by atoms with Crippen LogP contribution in [0, 0.1) is 6.92 Å². The summed E-state index contributed by atoms with van der Waals surface area (Å²) in [6.07, 6.45) is 1.30. The van der Waals surface area contributed by atoms with Gasteiger partial charge in [-0.3, -0.25) is 0 Å². The van der Waals surface area contributed by atoms with Crippen molar-refractivity contribution in [3.05, 3.63) is 47.7 Å². The SMILES string of the molecule is Cc1ncoc1CNS(=O)(=O)c1ccc(C(C)(C)C)cc1. The number of nitrogens with zero attached hydrogens (tertiary/aromatic N) is 1. The van der Waals surface area contributed by atoms with Crippen LogP contribution < -0.4 is 4.72 Å². The van der Waals surface area contributed by atoms with Crippen LogP contribution in [0.15, 0.2) is 40.0 Å². The maximum absolute atomic E-state index is 12.2. The van der Waals surface area contributed by atoms with Gasteiger partial charge in [-0.2, -0.15) is 0 Å². The lowest BCUT2D eigenvalue weighted by Gasteiger charge is -2.19. The van der Waals surface area contributed by atoms with Crippen LogP contribution in [0.25, 0.3) is 0 Å². The van der Waals surface area contributed by atoms with Gasteiger partial charge in [0.15, 0.2) is 6.39 Å². The first kappa shape index (κ1) is 15.7. The maximum Gasteiger partial charge on any atom is 0.240 e. The molecular formula is C15H20N2O3S. The molecule has 5 nitrogen and oxygen atoms in total. The molecule has 0 bridgehead atoms. The Morgan fingerprint density at radius 3 is 2.29 bits per heavy atom. The molecule has 0 aliphatic rings. The van der Waals surface area contributed by atoms with Crippen molar-refractivity contribution in [2.45, 2.75) is 44.6 Å². The van der Waals surface area contributed by atoms with Gasteiger partial charge in [0.05, 0.1) is 17.1 Å². The topological polar surface area (TPSA) is 72.2 Å². The Morgan fingerprint density at radius 1 is 1.19 bits per heavy atom. The van der Waals surface area contributed by atoms with Crippen LogP contribution in [-0.2, 0) is 22.0 Å². The predicted molar refractivity (Wildman–Crippen MR) is 80.4 cm³/mol. The van der Waals surface area contributed by atoms with Gasteiger partial charge < -0.3 is 4.42 Å². The number of aromatic nitrogens is 1. The Hall–Kier alpha value is -1.66. The predicted octanol–water partition coefficient (Wildman–Crippen LogP) is 2.76. The summed E-state index contributed by atoms with van der Waals surface area (Å²) in [4.78, 5) is 4.17. The van der Waals surface area contributed by atoms with E-state index in [1.54, 1.807) is 19.1 Å². The second-order valence-corrected chi connectivity index (χ2v) is 7.73. The highest BCUT2D eigenvalue weighted by atomic mass is 32.2. The minimum atomic E-state index is -3.55. The van der Waals surface area contributed by atoms with E-state index in [1.165, 1.54) is 6.39 Å². The van der Waals surface area contributed by atoms with Crippen molar-refractivity contribution in [3.63, 3.8) is 0 Å². The first-order chi connectivity index (χ1) is 9.70. The third-order valence-electron chi connectivity index (χ3n) is 3.30. The van der Waals surface area contributed by atoms with E-state index >= 15 is 0 Å². The van der Waals surface area contributed by atoms with Crippen molar-refractivity contribution in [2.24, 2.45) is 0 Å². The fraction of sp³-hybridized carbons (Fsp3) is 0.400. The first-order valence-electron chi connectivity index (χ1n) is 6.69. The number of rotatable bonds is 4. The van der Waals surface area contributed by atoms with Gasteiger partial charge in [-0.25, -0.2) is 18.1 Å². The van der Waals surface area contributed by atoms with Crippen molar-refractivity contribution in [3.8, 4) is 0 Å². The third-order valence-corrected chi connectivity index (χ3v) is 4.72. The average Bonchev–Trinajstić information content (AvgIpc) is 2.81. The zero-order valence-corrected chi connectivity index (χ0v) is 13.5. The van der Waals surface area contributed by atoms with E-state index in [1.807, 2.05) is 12.1 Å². The minimum absolute atomic E-state index is 0.00727. The van der Waals surface area contributed by atoms with Gasteiger partial charge in [0.1, 0.15) is 5.76 Å². The van der Waals surface area contributed by atoms with Crippen LogP contribution in [0.2, 0.25) is 0 Å². The molecule has 114 valence electrons. The van der Waals surface area contributed by atoms with Crippen LogP contribution in [0.4, 0.5) is 0 Å². The quantitative estimate of drug-likeness (QED) is 0.942. The molecule has 21 heavy (non-hydrogen) atoms. The van der Waals surface area contributed by atoms with Crippen LogP contribution in [0.5, 0.6) is 0 Å². The summed E-state index contributed by atoms with van der Waals surface area (Å²) in [6.45, 7) is 8.12. The van der Waals surface area contributed by atoms with Crippen molar-refractivity contribution < 1.29 is 12.8 Å².